The molecule has 0 radical (unpaired) electrons. The Balaban J connectivity index is 2.18. The normalized spacial score (nSPS) is 23.7. The zero-order valence-corrected chi connectivity index (χ0v) is 15.8. The van der Waals surface area contributed by atoms with Crippen LogP contribution in [0.3, 0.4) is 0 Å². The number of hydrogen-bond donors (Lipinski definition) is 1. The highest BCUT2D eigenvalue weighted by Crippen LogP contribution is 2.48. The first-order valence-corrected chi connectivity index (χ1v) is 8.90. The van der Waals surface area contributed by atoms with Crippen LogP contribution in [0.15, 0.2) is 16.6 Å². The minimum Gasteiger partial charge on any atom is -0.492 e. The van der Waals surface area contributed by atoms with Crippen LogP contribution in [0.2, 0.25) is 5.02 Å². The molecule has 0 spiro atoms. The molecule has 0 amide bonds. The van der Waals surface area contributed by atoms with Gasteiger partial charge in [-0.3, -0.25) is 0 Å². The Bertz CT molecular complexity index is 522. The first kappa shape index (κ1) is 18.1. The third-order valence-electron chi connectivity index (χ3n) is 4.64. The van der Waals surface area contributed by atoms with Crippen LogP contribution in [0.1, 0.15) is 44.6 Å². The van der Waals surface area contributed by atoms with Crippen molar-refractivity contribution >= 4 is 27.5 Å². The van der Waals surface area contributed by atoms with Gasteiger partial charge >= 0.3 is 0 Å². The first-order valence-electron chi connectivity index (χ1n) is 7.73. The van der Waals surface area contributed by atoms with Crippen molar-refractivity contribution in [3.8, 4) is 5.75 Å². The molecule has 1 saturated carbocycles. The minimum atomic E-state index is 0.145. The number of halogens is 2. The molecule has 1 fully saturated rings. The standard InChI is InChI=1S/C17H25BrClNO2/c1-17(2)6-5-11(16(17)20)12-9-15(14(19)10-13(12)18)22-8-4-7-21-3/h9-11,16H,4-8,20H2,1-3H3. The third kappa shape index (κ3) is 3.97. The quantitative estimate of drug-likeness (QED) is 0.713. The molecule has 2 rings (SSSR count). The zero-order chi connectivity index (χ0) is 16.3. The second-order valence-electron chi connectivity index (χ2n) is 6.66. The lowest BCUT2D eigenvalue weighted by molar-refractivity contribution is 0.172. The molecule has 2 atom stereocenters. The van der Waals surface area contributed by atoms with E-state index < -0.39 is 0 Å². The molecule has 0 saturated heterocycles. The van der Waals surface area contributed by atoms with Gasteiger partial charge in [0.25, 0.3) is 0 Å². The summed E-state index contributed by atoms with van der Waals surface area (Å²) in [6.45, 7) is 5.76. The lowest BCUT2D eigenvalue weighted by atomic mass is 9.83. The van der Waals surface area contributed by atoms with Gasteiger partial charge in [0.15, 0.2) is 0 Å². The number of nitrogens with two attached hydrogens (primary N) is 1. The van der Waals surface area contributed by atoms with Crippen LogP contribution in [-0.4, -0.2) is 26.4 Å². The molecule has 124 valence electrons. The fraction of sp³-hybridized carbons (Fsp3) is 0.647. The van der Waals surface area contributed by atoms with Crippen LogP contribution >= 0.6 is 27.5 Å². The molecule has 22 heavy (non-hydrogen) atoms. The highest BCUT2D eigenvalue weighted by molar-refractivity contribution is 9.10. The third-order valence-corrected chi connectivity index (χ3v) is 5.62. The summed E-state index contributed by atoms with van der Waals surface area (Å²) >= 11 is 9.93. The highest BCUT2D eigenvalue weighted by Gasteiger charge is 2.40. The van der Waals surface area contributed by atoms with Crippen LogP contribution in [0, 0.1) is 5.41 Å². The van der Waals surface area contributed by atoms with Gasteiger partial charge in [-0.15, -0.1) is 0 Å². The van der Waals surface area contributed by atoms with E-state index in [1.54, 1.807) is 7.11 Å². The zero-order valence-electron chi connectivity index (χ0n) is 13.5. The number of methoxy groups -OCH3 is 1. The van der Waals surface area contributed by atoms with Crippen LogP contribution in [0.25, 0.3) is 0 Å². The number of benzene rings is 1. The van der Waals surface area contributed by atoms with Gasteiger partial charge in [-0.2, -0.15) is 0 Å². The van der Waals surface area contributed by atoms with Gasteiger partial charge in [0.05, 0.1) is 11.6 Å². The Hall–Kier alpha value is -0.290. The fourth-order valence-corrected chi connectivity index (χ4v) is 4.08. The number of ether oxygens (including phenoxy) is 2. The van der Waals surface area contributed by atoms with E-state index in [4.69, 9.17) is 26.8 Å². The van der Waals surface area contributed by atoms with Crippen molar-refractivity contribution in [2.45, 2.75) is 45.1 Å². The van der Waals surface area contributed by atoms with E-state index in [0.29, 0.717) is 24.2 Å². The predicted octanol–water partition coefficient (Wildman–Crippen LogP) is 4.75. The average Bonchev–Trinajstić information content (AvgIpc) is 2.72. The maximum Gasteiger partial charge on any atom is 0.138 e. The largest absolute Gasteiger partial charge is 0.492 e. The van der Waals surface area contributed by atoms with Crippen molar-refractivity contribution < 1.29 is 9.47 Å². The van der Waals surface area contributed by atoms with E-state index >= 15 is 0 Å². The Morgan fingerprint density at radius 3 is 2.68 bits per heavy atom. The molecule has 3 nitrogen and oxygen atoms in total. The molecule has 0 aromatic heterocycles. The van der Waals surface area contributed by atoms with Crippen LogP contribution in [0.5, 0.6) is 5.75 Å². The second-order valence-corrected chi connectivity index (χ2v) is 7.92. The van der Waals surface area contributed by atoms with E-state index in [9.17, 15) is 0 Å². The SMILES string of the molecule is COCCCOc1cc(C2CCC(C)(C)C2N)c(Br)cc1Cl. The minimum absolute atomic E-state index is 0.145. The van der Waals surface area contributed by atoms with Crippen molar-refractivity contribution in [2.75, 3.05) is 20.3 Å². The van der Waals surface area contributed by atoms with Gasteiger partial charge in [-0.05, 0) is 36.0 Å². The maximum absolute atomic E-state index is 6.47. The summed E-state index contributed by atoms with van der Waals surface area (Å²) in [4.78, 5) is 0. The summed E-state index contributed by atoms with van der Waals surface area (Å²) < 4.78 is 11.9. The molecule has 0 bridgehead atoms. The maximum atomic E-state index is 6.47. The van der Waals surface area contributed by atoms with Crippen molar-refractivity contribution in [2.24, 2.45) is 11.1 Å². The molecule has 5 heteroatoms. The van der Waals surface area contributed by atoms with Crippen molar-refractivity contribution in [3.63, 3.8) is 0 Å². The fourth-order valence-electron chi connectivity index (χ4n) is 3.09. The molecule has 0 aliphatic heterocycles. The predicted molar refractivity (Wildman–Crippen MR) is 94.9 cm³/mol. The van der Waals surface area contributed by atoms with Crippen molar-refractivity contribution in [1.82, 2.24) is 0 Å². The van der Waals surface area contributed by atoms with Gasteiger partial charge in [-0.1, -0.05) is 41.4 Å². The van der Waals surface area contributed by atoms with Crippen LogP contribution in [-0.2, 0) is 4.74 Å². The highest BCUT2D eigenvalue weighted by atomic mass is 79.9. The summed E-state index contributed by atoms with van der Waals surface area (Å²) in [6, 6.07) is 4.11. The van der Waals surface area contributed by atoms with Gasteiger partial charge in [0, 0.05) is 36.6 Å². The molecule has 1 aliphatic rings. The van der Waals surface area contributed by atoms with Gasteiger partial charge < -0.3 is 15.2 Å². The number of hydrogen-bond acceptors (Lipinski definition) is 3. The molecule has 1 aliphatic carbocycles. The van der Waals surface area contributed by atoms with E-state index in [-0.39, 0.29) is 11.5 Å². The smallest absolute Gasteiger partial charge is 0.138 e. The summed E-state index contributed by atoms with van der Waals surface area (Å²) in [5, 5.41) is 0.624. The molecule has 1 aromatic rings. The molecular formula is C17H25BrClNO2. The van der Waals surface area contributed by atoms with E-state index in [1.165, 1.54) is 5.56 Å². The molecule has 1 aromatic carbocycles. The lowest BCUT2D eigenvalue weighted by Crippen LogP contribution is -2.36. The van der Waals surface area contributed by atoms with Gasteiger partial charge in [0.1, 0.15) is 5.75 Å². The average molecular weight is 391 g/mol. The summed E-state index contributed by atoms with van der Waals surface area (Å²) in [7, 11) is 1.69. The van der Waals surface area contributed by atoms with Crippen molar-refractivity contribution in [1.29, 1.82) is 0 Å². The summed E-state index contributed by atoms with van der Waals surface area (Å²) in [5.74, 6) is 1.07. The first-order chi connectivity index (χ1) is 10.4. The van der Waals surface area contributed by atoms with Crippen LogP contribution < -0.4 is 10.5 Å². The van der Waals surface area contributed by atoms with E-state index in [1.807, 2.05) is 12.1 Å². The number of rotatable bonds is 6. The van der Waals surface area contributed by atoms with E-state index in [2.05, 4.69) is 29.8 Å². The summed E-state index contributed by atoms with van der Waals surface area (Å²) in [6.07, 6.45) is 3.07. The second kappa shape index (κ2) is 7.52. The molecular weight excluding hydrogens is 366 g/mol. The van der Waals surface area contributed by atoms with Crippen molar-refractivity contribution in [3.05, 3.63) is 27.2 Å². The molecule has 2 unspecified atom stereocenters. The Kier molecular flexibility index (Phi) is 6.17. The van der Waals surface area contributed by atoms with E-state index in [0.717, 1.165) is 29.5 Å². The monoisotopic (exact) mass is 389 g/mol. The Labute approximate surface area is 146 Å². The Morgan fingerprint density at radius 2 is 2.09 bits per heavy atom. The van der Waals surface area contributed by atoms with Crippen LogP contribution in [0.4, 0.5) is 0 Å². The lowest BCUT2D eigenvalue weighted by Gasteiger charge is -2.28. The topological polar surface area (TPSA) is 44.5 Å². The van der Waals surface area contributed by atoms with Gasteiger partial charge in [0.2, 0.25) is 0 Å². The Morgan fingerprint density at radius 1 is 1.36 bits per heavy atom. The molecule has 0 heterocycles. The summed E-state index contributed by atoms with van der Waals surface area (Å²) in [5.41, 5.74) is 7.84. The van der Waals surface area contributed by atoms with Gasteiger partial charge in [-0.25, -0.2) is 0 Å². The molecule has 2 N–H and O–H groups in total.